The van der Waals surface area contributed by atoms with Crippen LogP contribution in [0.3, 0.4) is 0 Å². The van der Waals surface area contributed by atoms with Crippen LogP contribution < -0.4 is 10.9 Å². The third kappa shape index (κ3) is 5.24. The van der Waals surface area contributed by atoms with Gasteiger partial charge in [-0.15, -0.1) is 0 Å². The van der Waals surface area contributed by atoms with Crippen LogP contribution >= 0.6 is 0 Å². The standard InChI is InChI=1S/C20H25N3O5S/c1-15-18(11-14-28-15)20(25)22-21-19(24)10-7-16-5-8-17(9-6-16)29(26,27)23-12-3-2-4-13-23/h5-6,8-9,11,14H,2-4,7,10,12-13H2,1H3,(H,21,24)(H,22,25). The molecule has 2 amide bonds. The van der Waals surface area contributed by atoms with Gasteiger partial charge in [0, 0.05) is 19.5 Å². The van der Waals surface area contributed by atoms with Crippen molar-refractivity contribution in [1.82, 2.24) is 15.2 Å². The fourth-order valence-electron chi connectivity index (χ4n) is 3.22. The van der Waals surface area contributed by atoms with E-state index in [9.17, 15) is 18.0 Å². The fourth-order valence-corrected chi connectivity index (χ4v) is 4.73. The molecule has 2 aromatic rings. The first kappa shape index (κ1) is 21.1. The van der Waals surface area contributed by atoms with Gasteiger partial charge in [-0.25, -0.2) is 8.42 Å². The summed E-state index contributed by atoms with van der Waals surface area (Å²) in [5, 5.41) is 0. The monoisotopic (exact) mass is 419 g/mol. The van der Waals surface area contributed by atoms with Crippen LogP contribution in [0.25, 0.3) is 0 Å². The molecule has 156 valence electrons. The molecule has 0 aliphatic carbocycles. The molecule has 0 atom stereocenters. The van der Waals surface area contributed by atoms with Gasteiger partial charge < -0.3 is 4.42 Å². The lowest BCUT2D eigenvalue weighted by atomic mass is 10.1. The van der Waals surface area contributed by atoms with Gasteiger partial charge in [0.25, 0.3) is 5.91 Å². The van der Waals surface area contributed by atoms with Crippen LogP contribution in [0.1, 0.15) is 47.4 Å². The topological polar surface area (TPSA) is 109 Å². The number of hydrogen-bond donors (Lipinski definition) is 2. The van der Waals surface area contributed by atoms with E-state index in [-0.39, 0.29) is 17.2 Å². The summed E-state index contributed by atoms with van der Waals surface area (Å²) in [5.74, 6) is -0.322. The quantitative estimate of drug-likeness (QED) is 0.698. The lowest BCUT2D eigenvalue weighted by Gasteiger charge is -2.25. The zero-order chi connectivity index (χ0) is 20.9. The first-order valence-electron chi connectivity index (χ1n) is 9.60. The zero-order valence-corrected chi connectivity index (χ0v) is 17.1. The highest BCUT2D eigenvalue weighted by molar-refractivity contribution is 7.89. The molecule has 0 unspecified atom stereocenters. The lowest BCUT2D eigenvalue weighted by molar-refractivity contribution is -0.121. The van der Waals surface area contributed by atoms with E-state index in [1.165, 1.54) is 16.6 Å². The summed E-state index contributed by atoms with van der Waals surface area (Å²) in [6.45, 7) is 2.79. The molecule has 8 nitrogen and oxygen atoms in total. The predicted molar refractivity (Wildman–Crippen MR) is 106 cm³/mol. The number of nitrogens with zero attached hydrogens (tertiary/aromatic N) is 1. The van der Waals surface area contributed by atoms with Crippen molar-refractivity contribution < 1.29 is 22.4 Å². The average molecular weight is 420 g/mol. The van der Waals surface area contributed by atoms with Gasteiger partial charge in [0.05, 0.1) is 16.7 Å². The van der Waals surface area contributed by atoms with E-state index < -0.39 is 15.9 Å². The number of furan rings is 1. The molecule has 0 saturated carbocycles. The molecule has 0 spiro atoms. The highest BCUT2D eigenvalue weighted by Crippen LogP contribution is 2.21. The molecular formula is C20H25N3O5S. The molecule has 1 fully saturated rings. The molecule has 2 heterocycles. The van der Waals surface area contributed by atoms with Crippen LogP contribution in [0, 0.1) is 6.92 Å². The number of benzene rings is 1. The summed E-state index contributed by atoms with van der Waals surface area (Å²) in [5.41, 5.74) is 5.91. The number of sulfonamides is 1. The molecular weight excluding hydrogens is 394 g/mol. The normalized spacial score (nSPS) is 15.1. The van der Waals surface area contributed by atoms with E-state index in [0.717, 1.165) is 24.8 Å². The molecule has 2 N–H and O–H groups in total. The Morgan fingerprint density at radius 2 is 1.72 bits per heavy atom. The molecule has 1 aliphatic rings. The SMILES string of the molecule is Cc1occc1C(=O)NNC(=O)CCc1ccc(S(=O)(=O)N2CCCCC2)cc1. The molecule has 0 radical (unpaired) electrons. The summed E-state index contributed by atoms with van der Waals surface area (Å²) in [6, 6.07) is 8.13. The van der Waals surface area contributed by atoms with Gasteiger partial charge in [-0.3, -0.25) is 20.4 Å². The molecule has 0 bridgehead atoms. The molecule has 1 aliphatic heterocycles. The van der Waals surface area contributed by atoms with Gasteiger partial charge in [-0.05, 0) is 49.9 Å². The molecule has 29 heavy (non-hydrogen) atoms. The smallest absolute Gasteiger partial charge is 0.273 e. The predicted octanol–water partition coefficient (Wildman–Crippen LogP) is 2.16. The second kappa shape index (κ2) is 9.23. The van der Waals surface area contributed by atoms with Crippen molar-refractivity contribution in [2.45, 2.75) is 43.9 Å². The van der Waals surface area contributed by atoms with Gasteiger partial charge in [-0.1, -0.05) is 18.6 Å². The number of carbonyl (C=O) groups excluding carboxylic acids is 2. The first-order valence-corrected chi connectivity index (χ1v) is 11.0. The van der Waals surface area contributed by atoms with E-state index in [1.807, 2.05) is 0 Å². The van der Waals surface area contributed by atoms with E-state index in [0.29, 0.717) is 30.8 Å². The van der Waals surface area contributed by atoms with Crippen LogP contribution in [-0.4, -0.2) is 37.6 Å². The Balaban J connectivity index is 1.49. The van der Waals surface area contributed by atoms with Crippen LogP contribution in [-0.2, 0) is 21.2 Å². The van der Waals surface area contributed by atoms with Crippen LogP contribution in [0.2, 0.25) is 0 Å². The van der Waals surface area contributed by atoms with Crippen LogP contribution in [0.4, 0.5) is 0 Å². The van der Waals surface area contributed by atoms with Crippen molar-refractivity contribution >= 4 is 21.8 Å². The first-order chi connectivity index (χ1) is 13.9. The largest absolute Gasteiger partial charge is 0.469 e. The number of piperidine rings is 1. The van der Waals surface area contributed by atoms with Crippen molar-refractivity contribution in [2.24, 2.45) is 0 Å². The molecule has 1 saturated heterocycles. The Labute approximate surface area is 170 Å². The number of rotatable bonds is 6. The Morgan fingerprint density at radius 3 is 2.34 bits per heavy atom. The van der Waals surface area contributed by atoms with E-state index >= 15 is 0 Å². The summed E-state index contributed by atoms with van der Waals surface area (Å²) < 4.78 is 31.9. The second-order valence-corrected chi connectivity index (χ2v) is 8.94. The average Bonchev–Trinajstić information content (AvgIpc) is 3.17. The molecule has 9 heteroatoms. The van der Waals surface area contributed by atoms with Crippen molar-refractivity contribution in [3.05, 3.63) is 53.5 Å². The third-order valence-electron chi connectivity index (χ3n) is 4.94. The minimum absolute atomic E-state index is 0.156. The molecule has 1 aromatic heterocycles. The van der Waals surface area contributed by atoms with Gasteiger partial charge >= 0.3 is 0 Å². The maximum Gasteiger partial charge on any atom is 0.273 e. The summed E-state index contributed by atoms with van der Waals surface area (Å²) in [6.07, 6.45) is 4.84. The molecule has 3 rings (SSSR count). The number of nitrogens with one attached hydrogen (secondary N) is 2. The second-order valence-electron chi connectivity index (χ2n) is 7.00. The highest BCUT2D eigenvalue weighted by atomic mass is 32.2. The highest BCUT2D eigenvalue weighted by Gasteiger charge is 2.25. The van der Waals surface area contributed by atoms with Gasteiger partial charge in [0.1, 0.15) is 5.76 Å². The van der Waals surface area contributed by atoms with Crippen molar-refractivity contribution in [2.75, 3.05) is 13.1 Å². The number of carbonyl (C=O) groups is 2. The molecule has 1 aromatic carbocycles. The fraction of sp³-hybridized carbons (Fsp3) is 0.400. The van der Waals surface area contributed by atoms with E-state index in [2.05, 4.69) is 10.9 Å². The van der Waals surface area contributed by atoms with Crippen LogP contribution in [0.5, 0.6) is 0 Å². The Morgan fingerprint density at radius 1 is 1.03 bits per heavy atom. The summed E-state index contributed by atoms with van der Waals surface area (Å²) >= 11 is 0. The maximum atomic E-state index is 12.6. The van der Waals surface area contributed by atoms with Gasteiger partial charge in [0.2, 0.25) is 15.9 Å². The summed E-state index contributed by atoms with van der Waals surface area (Å²) in [7, 11) is -3.45. The number of aryl methyl sites for hydroxylation is 2. The lowest BCUT2D eigenvalue weighted by Crippen LogP contribution is -2.41. The number of hydrogen-bond acceptors (Lipinski definition) is 5. The van der Waals surface area contributed by atoms with E-state index in [1.54, 1.807) is 31.2 Å². The summed E-state index contributed by atoms with van der Waals surface area (Å²) in [4.78, 5) is 24.2. The zero-order valence-electron chi connectivity index (χ0n) is 16.3. The third-order valence-corrected chi connectivity index (χ3v) is 6.85. The van der Waals surface area contributed by atoms with Gasteiger partial charge in [0.15, 0.2) is 0 Å². The van der Waals surface area contributed by atoms with Crippen molar-refractivity contribution in [3.8, 4) is 0 Å². The van der Waals surface area contributed by atoms with Crippen molar-refractivity contribution in [1.29, 1.82) is 0 Å². The van der Waals surface area contributed by atoms with Crippen molar-refractivity contribution in [3.63, 3.8) is 0 Å². The maximum absolute atomic E-state index is 12.6. The Kier molecular flexibility index (Phi) is 6.71. The van der Waals surface area contributed by atoms with Crippen LogP contribution in [0.15, 0.2) is 45.9 Å². The van der Waals surface area contributed by atoms with Gasteiger partial charge in [-0.2, -0.15) is 4.31 Å². The van der Waals surface area contributed by atoms with E-state index in [4.69, 9.17) is 4.42 Å². The Hall–Kier alpha value is -2.65. The number of hydrazine groups is 1. The minimum Gasteiger partial charge on any atom is -0.469 e. The Bertz CT molecular complexity index is 960. The number of amides is 2. The minimum atomic E-state index is -3.45.